The van der Waals surface area contributed by atoms with E-state index in [0.29, 0.717) is 52.7 Å². The quantitative estimate of drug-likeness (QED) is 0.224. The van der Waals surface area contributed by atoms with Gasteiger partial charge >= 0.3 is 0 Å². The second-order valence-electron chi connectivity index (χ2n) is 8.52. The molecule has 5 rings (SSSR count). The van der Waals surface area contributed by atoms with Crippen molar-refractivity contribution in [1.82, 2.24) is 4.98 Å². The normalized spacial score (nSPS) is 12.4. The number of methoxy groups -OCH3 is 2. The number of hydrogen-bond donors (Lipinski definition) is 2. The Bertz CT molecular complexity index is 1420. The van der Waals surface area contributed by atoms with Crippen molar-refractivity contribution in [2.75, 3.05) is 24.9 Å². The summed E-state index contributed by atoms with van der Waals surface area (Å²) in [6, 6.07) is 21.5. The molecule has 1 aliphatic rings. The Morgan fingerprint density at radius 1 is 0.725 bits per heavy atom. The molecule has 2 amide bonds. The topological polar surface area (TPSA) is 98.8 Å². The van der Waals surface area contributed by atoms with Crippen LogP contribution in [0.3, 0.4) is 0 Å². The molecule has 0 unspecified atom stereocenters. The van der Waals surface area contributed by atoms with Crippen molar-refractivity contribution in [3.63, 3.8) is 0 Å². The summed E-state index contributed by atoms with van der Waals surface area (Å²) in [5.41, 5.74) is 0.915. The van der Waals surface area contributed by atoms with Crippen molar-refractivity contribution in [3.8, 4) is 23.0 Å². The number of pyridine rings is 1. The summed E-state index contributed by atoms with van der Waals surface area (Å²) in [6.45, 7) is 8.00. The van der Waals surface area contributed by atoms with Crippen LogP contribution in [0.1, 0.15) is 40.5 Å². The third-order valence-electron chi connectivity index (χ3n) is 6.20. The number of aromatic nitrogens is 1. The van der Waals surface area contributed by atoms with Gasteiger partial charge in [-0.25, -0.2) is 0 Å². The lowest BCUT2D eigenvalue weighted by molar-refractivity contribution is -0.131. The van der Waals surface area contributed by atoms with E-state index < -0.39 is 5.41 Å². The first-order valence-electron chi connectivity index (χ1n) is 13.5. The summed E-state index contributed by atoms with van der Waals surface area (Å²) in [4.78, 5) is 30.1. The highest BCUT2D eigenvalue weighted by Gasteiger charge is 2.56. The standard InChI is InChI=1S/C28H25N3O5.2C2H6/c1-34-24-16-21-22(17-25(24)35-2)29-15-12-23(21)36-20-10-8-19(9-11-20)31-27(33)28(13-14-28)26(32)30-18-6-4-3-5-7-18;2*1-2/h3-12,15-17H,13-14H2,1-2H3,(H,30,32)(H,31,33);2*1-2H3. The van der Waals surface area contributed by atoms with Crippen molar-refractivity contribution in [1.29, 1.82) is 0 Å². The second kappa shape index (κ2) is 14.0. The molecule has 0 spiro atoms. The van der Waals surface area contributed by atoms with E-state index in [2.05, 4.69) is 15.6 Å². The highest BCUT2D eigenvalue weighted by molar-refractivity contribution is 6.16. The van der Waals surface area contributed by atoms with E-state index in [9.17, 15) is 9.59 Å². The van der Waals surface area contributed by atoms with Gasteiger partial charge in [-0.3, -0.25) is 14.6 Å². The first-order chi connectivity index (χ1) is 19.5. The minimum atomic E-state index is -1.04. The first kappa shape index (κ1) is 30.0. The van der Waals surface area contributed by atoms with Crippen LogP contribution in [0.25, 0.3) is 10.9 Å². The average molecular weight is 544 g/mol. The number of amides is 2. The van der Waals surface area contributed by atoms with Crippen molar-refractivity contribution >= 4 is 34.1 Å². The van der Waals surface area contributed by atoms with Crippen LogP contribution in [0.5, 0.6) is 23.0 Å². The molecular weight excluding hydrogens is 506 g/mol. The van der Waals surface area contributed by atoms with Crippen LogP contribution in [0.2, 0.25) is 0 Å². The molecule has 2 N–H and O–H groups in total. The number of hydrogen-bond acceptors (Lipinski definition) is 6. The van der Waals surface area contributed by atoms with Gasteiger partial charge in [0.25, 0.3) is 0 Å². The van der Waals surface area contributed by atoms with Gasteiger partial charge in [0.15, 0.2) is 11.5 Å². The summed E-state index contributed by atoms with van der Waals surface area (Å²) in [7, 11) is 3.15. The zero-order valence-corrected chi connectivity index (χ0v) is 23.9. The van der Waals surface area contributed by atoms with E-state index in [1.165, 1.54) is 0 Å². The number of rotatable bonds is 8. The highest BCUT2D eigenvalue weighted by atomic mass is 16.5. The molecule has 1 aliphatic carbocycles. The number of nitrogens with one attached hydrogen (secondary N) is 2. The Labute approximate surface area is 235 Å². The number of ether oxygens (including phenoxy) is 3. The lowest BCUT2D eigenvalue weighted by Gasteiger charge is -2.16. The number of benzene rings is 3. The Kier molecular flexibility index (Phi) is 10.5. The van der Waals surface area contributed by atoms with Gasteiger partial charge in [-0.2, -0.15) is 0 Å². The minimum absolute atomic E-state index is 0.289. The number of fused-ring (bicyclic) bond motifs is 1. The molecule has 3 aromatic carbocycles. The molecule has 4 aromatic rings. The fourth-order valence-corrected chi connectivity index (χ4v) is 3.97. The number of nitrogens with zero attached hydrogens (tertiary/aromatic N) is 1. The summed E-state index contributed by atoms with van der Waals surface area (Å²) >= 11 is 0. The molecule has 210 valence electrons. The lowest BCUT2D eigenvalue weighted by Crippen LogP contribution is -2.35. The van der Waals surface area contributed by atoms with Gasteiger partial charge in [0, 0.05) is 29.0 Å². The summed E-state index contributed by atoms with van der Waals surface area (Å²) < 4.78 is 16.9. The second-order valence-corrected chi connectivity index (χ2v) is 8.52. The molecule has 8 nitrogen and oxygen atoms in total. The summed E-state index contributed by atoms with van der Waals surface area (Å²) in [5, 5.41) is 6.47. The molecule has 0 radical (unpaired) electrons. The molecule has 0 saturated heterocycles. The van der Waals surface area contributed by atoms with Gasteiger partial charge in [0.05, 0.1) is 19.7 Å². The molecule has 1 aromatic heterocycles. The van der Waals surface area contributed by atoms with E-state index in [-0.39, 0.29) is 11.8 Å². The highest BCUT2D eigenvalue weighted by Crippen LogP contribution is 2.47. The van der Waals surface area contributed by atoms with Crippen molar-refractivity contribution in [2.45, 2.75) is 40.5 Å². The molecule has 40 heavy (non-hydrogen) atoms. The van der Waals surface area contributed by atoms with Crippen molar-refractivity contribution in [3.05, 3.63) is 79.0 Å². The van der Waals surface area contributed by atoms with Gasteiger partial charge in [-0.15, -0.1) is 0 Å². The third kappa shape index (κ3) is 6.69. The van der Waals surface area contributed by atoms with Crippen LogP contribution in [0.15, 0.2) is 79.0 Å². The number of carbonyl (C=O) groups is 2. The maximum Gasteiger partial charge on any atom is 0.240 e. The molecular formula is C32H37N3O5. The molecule has 1 saturated carbocycles. The molecule has 0 aliphatic heterocycles. The van der Waals surface area contributed by atoms with Gasteiger partial charge in [-0.1, -0.05) is 45.9 Å². The maximum absolute atomic E-state index is 12.9. The molecule has 0 bridgehead atoms. The Balaban J connectivity index is 0.00000106. The van der Waals surface area contributed by atoms with Crippen molar-refractivity contribution in [2.24, 2.45) is 5.41 Å². The van der Waals surface area contributed by atoms with Gasteiger partial charge in [-0.05, 0) is 61.4 Å². The predicted molar refractivity (Wildman–Crippen MR) is 159 cm³/mol. The Morgan fingerprint density at radius 3 is 1.82 bits per heavy atom. The smallest absolute Gasteiger partial charge is 0.240 e. The van der Waals surface area contributed by atoms with Gasteiger partial charge in [0.1, 0.15) is 16.9 Å². The van der Waals surface area contributed by atoms with E-state index in [0.717, 1.165) is 5.39 Å². The zero-order valence-electron chi connectivity index (χ0n) is 23.9. The minimum Gasteiger partial charge on any atom is -0.493 e. The Morgan fingerprint density at radius 2 is 1.27 bits per heavy atom. The van der Waals surface area contributed by atoms with Crippen molar-refractivity contribution < 1.29 is 23.8 Å². The molecule has 1 fully saturated rings. The van der Waals surface area contributed by atoms with Crippen LogP contribution in [-0.2, 0) is 9.59 Å². The summed E-state index contributed by atoms with van der Waals surface area (Å²) in [5.74, 6) is 1.74. The predicted octanol–water partition coefficient (Wildman–Crippen LogP) is 7.45. The summed E-state index contributed by atoms with van der Waals surface area (Å²) in [6.07, 6.45) is 2.69. The third-order valence-corrected chi connectivity index (χ3v) is 6.20. The molecule has 0 atom stereocenters. The largest absolute Gasteiger partial charge is 0.493 e. The van der Waals surface area contributed by atoms with E-state index in [1.807, 2.05) is 52.0 Å². The maximum atomic E-state index is 12.9. The molecule has 8 heteroatoms. The van der Waals surface area contributed by atoms with E-state index in [1.54, 1.807) is 68.9 Å². The number of anilines is 2. The fraction of sp³-hybridized carbons (Fsp3) is 0.281. The SMILES string of the molecule is CC.CC.COc1cc2nccc(Oc3ccc(NC(=O)C4(C(=O)Nc5ccccc5)CC4)cc3)c2cc1OC. The van der Waals surface area contributed by atoms with Gasteiger partial charge < -0.3 is 24.8 Å². The van der Waals surface area contributed by atoms with E-state index >= 15 is 0 Å². The first-order valence-corrected chi connectivity index (χ1v) is 13.5. The van der Waals surface area contributed by atoms with Gasteiger partial charge in [0.2, 0.25) is 11.8 Å². The van der Waals surface area contributed by atoms with Crippen LogP contribution < -0.4 is 24.8 Å². The van der Waals surface area contributed by atoms with Crippen LogP contribution >= 0.6 is 0 Å². The monoisotopic (exact) mass is 543 g/mol. The zero-order chi connectivity index (χ0) is 29.1. The number of para-hydroxylation sites is 1. The number of carbonyl (C=O) groups excluding carboxylic acids is 2. The van der Waals surface area contributed by atoms with Crippen LogP contribution in [-0.4, -0.2) is 31.0 Å². The molecule has 1 heterocycles. The lowest BCUT2D eigenvalue weighted by atomic mass is 10.0. The van der Waals surface area contributed by atoms with E-state index in [4.69, 9.17) is 14.2 Å². The Hall–Kier alpha value is -4.59. The fourth-order valence-electron chi connectivity index (χ4n) is 3.97. The van der Waals surface area contributed by atoms with Crippen LogP contribution in [0, 0.1) is 5.41 Å². The average Bonchev–Trinajstić information content (AvgIpc) is 3.83. The van der Waals surface area contributed by atoms with Crippen LogP contribution in [0.4, 0.5) is 11.4 Å².